The van der Waals surface area contributed by atoms with Crippen molar-refractivity contribution >= 4 is 35.0 Å². The summed E-state index contributed by atoms with van der Waals surface area (Å²) in [5, 5.41) is 3.96. The first-order valence-electron chi connectivity index (χ1n) is 6.47. The normalized spacial score (nSPS) is 18.6. The smallest absolute Gasteiger partial charge is 0.262 e. The lowest BCUT2D eigenvalue weighted by molar-refractivity contribution is -0.130. The Kier molecular flexibility index (Phi) is 3.92. The van der Waals surface area contributed by atoms with Gasteiger partial charge in [0.2, 0.25) is 0 Å². The minimum absolute atomic E-state index is 0.0638. The number of fused-ring (bicyclic) bond motifs is 1. The van der Waals surface area contributed by atoms with Crippen LogP contribution in [0.5, 0.6) is 0 Å². The molecule has 0 spiro atoms. The van der Waals surface area contributed by atoms with Crippen LogP contribution in [0.1, 0.15) is 6.92 Å². The van der Waals surface area contributed by atoms with Crippen molar-refractivity contribution in [2.45, 2.75) is 11.8 Å². The lowest BCUT2D eigenvalue weighted by atomic mass is 10.2. The Balaban J connectivity index is 1.84. The molecule has 1 N–H and O–H groups in total. The van der Waals surface area contributed by atoms with E-state index in [0.717, 1.165) is 21.2 Å². The molecule has 0 saturated carbocycles. The maximum absolute atomic E-state index is 12.6. The molecule has 1 saturated heterocycles. The van der Waals surface area contributed by atoms with Crippen molar-refractivity contribution in [3.8, 4) is 0 Å². The van der Waals surface area contributed by atoms with E-state index in [1.54, 1.807) is 0 Å². The first-order chi connectivity index (χ1) is 9.65. The summed E-state index contributed by atoms with van der Waals surface area (Å²) in [6.45, 7) is 4.45. The van der Waals surface area contributed by atoms with E-state index in [0.29, 0.717) is 31.3 Å². The first kappa shape index (κ1) is 13.8. The summed E-state index contributed by atoms with van der Waals surface area (Å²) >= 11 is 7.50. The molecule has 0 atom stereocenters. The maximum atomic E-state index is 12.6. The van der Waals surface area contributed by atoms with Crippen molar-refractivity contribution in [2.75, 3.05) is 31.6 Å². The number of nitrogens with one attached hydrogen (secondary N) is 1. The largest absolute Gasteiger partial charge is 0.378 e. The van der Waals surface area contributed by atoms with Crippen LogP contribution in [0, 0.1) is 0 Å². The summed E-state index contributed by atoms with van der Waals surface area (Å²) in [7, 11) is 0. The molecular weight excluding hydrogens is 296 g/mol. The van der Waals surface area contributed by atoms with E-state index in [2.05, 4.69) is 5.32 Å². The number of carbonyl (C=O) groups excluding carboxylic acids is 1. The topological polar surface area (TPSA) is 41.6 Å². The van der Waals surface area contributed by atoms with Crippen LogP contribution in [0.15, 0.2) is 33.7 Å². The fraction of sp³-hybridized carbons (Fsp3) is 0.357. The predicted molar refractivity (Wildman–Crippen MR) is 81.0 cm³/mol. The monoisotopic (exact) mass is 310 g/mol. The molecule has 2 aliphatic heterocycles. The molecule has 6 heteroatoms. The number of hydrogen-bond acceptors (Lipinski definition) is 4. The molecule has 4 nitrogen and oxygen atoms in total. The average molecular weight is 311 g/mol. The predicted octanol–water partition coefficient (Wildman–Crippen LogP) is 2.95. The lowest BCUT2D eigenvalue weighted by Crippen LogP contribution is -2.41. The zero-order valence-electron chi connectivity index (χ0n) is 11.1. The van der Waals surface area contributed by atoms with Crippen molar-refractivity contribution in [1.29, 1.82) is 0 Å². The molecule has 1 aromatic carbocycles. The van der Waals surface area contributed by atoms with E-state index in [1.807, 2.05) is 30.0 Å². The van der Waals surface area contributed by atoms with Crippen LogP contribution in [0.25, 0.3) is 0 Å². The van der Waals surface area contributed by atoms with E-state index in [9.17, 15) is 4.79 Å². The van der Waals surface area contributed by atoms with Crippen molar-refractivity contribution < 1.29 is 9.53 Å². The third-order valence-corrected chi connectivity index (χ3v) is 4.79. The number of ether oxygens (including phenoxy) is 1. The van der Waals surface area contributed by atoms with Crippen molar-refractivity contribution in [2.24, 2.45) is 0 Å². The highest BCUT2D eigenvalue weighted by atomic mass is 35.5. The van der Waals surface area contributed by atoms with E-state index < -0.39 is 0 Å². The Morgan fingerprint density at radius 2 is 2.15 bits per heavy atom. The average Bonchev–Trinajstić information content (AvgIpc) is 2.47. The van der Waals surface area contributed by atoms with Crippen molar-refractivity contribution in [3.05, 3.63) is 33.8 Å². The number of carbonyl (C=O) groups is 1. The maximum Gasteiger partial charge on any atom is 0.262 e. The molecular formula is C14H15ClN2O2S. The summed E-state index contributed by atoms with van der Waals surface area (Å²) in [6, 6.07) is 5.66. The molecule has 0 aromatic heterocycles. The number of rotatable bonds is 1. The zero-order chi connectivity index (χ0) is 14.1. The Morgan fingerprint density at radius 3 is 2.90 bits per heavy atom. The Bertz CT molecular complexity index is 583. The molecule has 1 aromatic rings. The number of morpholine rings is 1. The van der Waals surface area contributed by atoms with Crippen molar-refractivity contribution in [3.63, 3.8) is 0 Å². The van der Waals surface area contributed by atoms with E-state index in [4.69, 9.17) is 16.3 Å². The lowest BCUT2D eigenvalue weighted by Gasteiger charge is -2.30. The van der Waals surface area contributed by atoms with E-state index >= 15 is 0 Å². The molecule has 2 aliphatic rings. The Hall–Kier alpha value is -1.17. The van der Waals surface area contributed by atoms with Gasteiger partial charge in [0.15, 0.2) is 0 Å². The number of anilines is 1. The van der Waals surface area contributed by atoms with Crippen LogP contribution in [0.3, 0.4) is 0 Å². The molecule has 20 heavy (non-hydrogen) atoms. The number of benzene rings is 1. The second-order valence-electron chi connectivity index (χ2n) is 4.73. The molecule has 1 amide bonds. The number of halogens is 1. The summed E-state index contributed by atoms with van der Waals surface area (Å²) < 4.78 is 5.29. The summed E-state index contributed by atoms with van der Waals surface area (Å²) in [5.74, 6) is 0.0638. The third kappa shape index (κ3) is 2.66. The van der Waals surface area contributed by atoms with Crippen LogP contribution in [-0.4, -0.2) is 37.1 Å². The molecule has 3 rings (SSSR count). The highest BCUT2D eigenvalue weighted by Gasteiger charge is 2.26. The van der Waals surface area contributed by atoms with Gasteiger partial charge in [-0.25, -0.2) is 0 Å². The Labute approximate surface area is 127 Å². The molecule has 0 unspecified atom stereocenters. The van der Waals surface area contributed by atoms with Gasteiger partial charge in [-0.3, -0.25) is 4.79 Å². The van der Waals surface area contributed by atoms with Gasteiger partial charge >= 0.3 is 0 Å². The zero-order valence-corrected chi connectivity index (χ0v) is 12.7. The van der Waals surface area contributed by atoms with E-state index in [1.165, 1.54) is 11.8 Å². The second kappa shape index (κ2) is 5.68. The molecule has 0 radical (unpaired) electrons. The minimum atomic E-state index is 0.0638. The van der Waals surface area contributed by atoms with E-state index in [-0.39, 0.29) is 5.91 Å². The SMILES string of the molecule is CC1=C(C(=O)N2CCOCC2)Sc2cc(Cl)ccc2N1. The van der Waals surface area contributed by atoms with Gasteiger partial charge < -0.3 is 15.0 Å². The quantitative estimate of drug-likeness (QED) is 0.866. The summed E-state index contributed by atoms with van der Waals surface area (Å²) in [4.78, 5) is 16.1. The highest BCUT2D eigenvalue weighted by molar-refractivity contribution is 8.04. The van der Waals surface area contributed by atoms with Gasteiger partial charge in [0, 0.05) is 28.7 Å². The summed E-state index contributed by atoms with van der Waals surface area (Å²) in [6.07, 6.45) is 0. The standard InChI is InChI=1S/C14H15ClN2O2S/c1-9-13(14(18)17-4-6-19-7-5-17)20-12-8-10(15)2-3-11(12)16-9/h2-3,8,16H,4-7H2,1H3. The molecule has 0 bridgehead atoms. The van der Waals surface area contributed by atoms with Crippen LogP contribution in [0.4, 0.5) is 5.69 Å². The molecule has 106 valence electrons. The number of allylic oxidation sites excluding steroid dienone is 1. The molecule has 1 fully saturated rings. The van der Waals surface area contributed by atoms with Gasteiger partial charge in [-0.2, -0.15) is 0 Å². The van der Waals surface area contributed by atoms with Gasteiger partial charge in [0.1, 0.15) is 0 Å². The fourth-order valence-corrected chi connectivity index (χ4v) is 3.54. The van der Waals surface area contributed by atoms with Gasteiger partial charge in [0.05, 0.1) is 23.8 Å². The number of hydrogen-bond donors (Lipinski definition) is 1. The minimum Gasteiger partial charge on any atom is -0.378 e. The van der Waals surface area contributed by atoms with Gasteiger partial charge in [0.25, 0.3) is 5.91 Å². The summed E-state index contributed by atoms with van der Waals surface area (Å²) in [5.41, 5.74) is 1.89. The van der Waals surface area contributed by atoms with Crippen LogP contribution in [-0.2, 0) is 9.53 Å². The third-order valence-electron chi connectivity index (χ3n) is 3.31. The van der Waals surface area contributed by atoms with Crippen LogP contribution >= 0.6 is 23.4 Å². The van der Waals surface area contributed by atoms with Crippen LogP contribution < -0.4 is 5.32 Å². The van der Waals surface area contributed by atoms with Gasteiger partial charge in [-0.05, 0) is 25.1 Å². The van der Waals surface area contributed by atoms with Crippen LogP contribution in [0.2, 0.25) is 5.02 Å². The fourth-order valence-electron chi connectivity index (χ4n) is 2.24. The van der Waals surface area contributed by atoms with Gasteiger partial charge in [-0.1, -0.05) is 23.4 Å². The molecule has 0 aliphatic carbocycles. The van der Waals surface area contributed by atoms with Crippen molar-refractivity contribution in [1.82, 2.24) is 4.90 Å². The number of thioether (sulfide) groups is 1. The second-order valence-corrected chi connectivity index (χ2v) is 6.21. The number of amides is 1. The first-order valence-corrected chi connectivity index (χ1v) is 7.67. The number of nitrogens with zero attached hydrogens (tertiary/aromatic N) is 1. The Morgan fingerprint density at radius 1 is 1.40 bits per heavy atom. The van der Waals surface area contributed by atoms with Gasteiger partial charge in [-0.15, -0.1) is 0 Å². The highest BCUT2D eigenvalue weighted by Crippen LogP contribution is 2.41. The molecule has 2 heterocycles.